The van der Waals surface area contributed by atoms with Gasteiger partial charge in [-0.15, -0.1) is 0 Å². The fraction of sp³-hybridized carbons (Fsp3) is 0.188. The van der Waals surface area contributed by atoms with Crippen molar-refractivity contribution < 1.29 is 9.90 Å². The molecule has 0 heterocycles. The third-order valence-corrected chi connectivity index (χ3v) is 3.40. The van der Waals surface area contributed by atoms with Gasteiger partial charge in [0.05, 0.1) is 6.61 Å². The number of rotatable bonds is 4. The van der Waals surface area contributed by atoms with Crippen LogP contribution in [0.4, 0.5) is 10.5 Å². The molecule has 4 nitrogen and oxygen atoms in total. The van der Waals surface area contributed by atoms with Crippen LogP contribution in [0.5, 0.6) is 0 Å². The topological polar surface area (TPSA) is 61.4 Å². The Hall–Kier alpha value is -2.04. The molecule has 0 aliphatic heterocycles. The van der Waals surface area contributed by atoms with Gasteiger partial charge in [0.15, 0.2) is 0 Å². The number of aliphatic hydroxyl groups excluding tert-OH is 1. The number of aryl methyl sites for hydroxylation is 1. The molecule has 5 heteroatoms. The lowest BCUT2D eigenvalue weighted by atomic mass is 10.1. The number of hydrogen-bond donors (Lipinski definition) is 3. The molecule has 0 radical (unpaired) electrons. The Kier molecular flexibility index (Phi) is 5.20. The van der Waals surface area contributed by atoms with Crippen LogP contribution in [0.3, 0.4) is 0 Å². The maximum atomic E-state index is 11.9. The zero-order valence-corrected chi connectivity index (χ0v) is 12.4. The first kappa shape index (κ1) is 15.4. The van der Waals surface area contributed by atoms with E-state index in [0.29, 0.717) is 17.3 Å². The highest BCUT2D eigenvalue weighted by Gasteiger charge is 2.06. The van der Waals surface area contributed by atoms with E-state index in [1.54, 1.807) is 18.2 Å². The second-order valence-corrected chi connectivity index (χ2v) is 5.13. The van der Waals surface area contributed by atoms with Crippen molar-refractivity contribution in [1.29, 1.82) is 0 Å². The van der Waals surface area contributed by atoms with Crippen molar-refractivity contribution in [2.75, 3.05) is 5.32 Å². The van der Waals surface area contributed by atoms with Crippen LogP contribution in [0.2, 0.25) is 5.02 Å². The fourth-order valence-corrected chi connectivity index (χ4v) is 2.22. The van der Waals surface area contributed by atoms with E-state index >= 15 is 0 Å². The van der Waals surface area contributed by atoms with Gasteiger partial charge in [-0.05, 0) is 41.8 Å². The van der Waals surface area contributed by atoms with Crippen molar-refractivity contribution in [2.45, 2.75) is 20.1 Å². The Morgan fingerprint density at radius 2 is 1.90 bits per heavy atom. The minimum absolute atomic E-state index is 0.0459. The van der Waals surface area contributed by atoms with Gasteiger partial charge >= 0.3 is 6.03 Å². The first-order chi connectivity index (χ1) is 10.1. The summed E-state index contributed by atoms with van der Waals surface area (Å²) in [6, 6.07) is 12.4. The van der Waals surface area contributed by atoms with Gasteiger partial charge in [-0.1, -0.05) is 35.9 Å². The summed E-state index contributed by atoms with van der Waals surface area (Å²) >= 11 is 5.88. The van der Waals surface area contributed by atoms with E-state index < -0.39 is 0 Å². The van der Waals surface area contributed by atoms with E-state index in [9.17, 15) is 9.90 Å². The van der Waals surface area contributed by atoms with Crippen molar-refractivity contribution in [1.82, 2.24) is 5.32 Å². The molecule has 0 spiro atoms. The largest absolute Gasteiger partial charge is 0.392 e. The van der Waals surface area contributed by atoms with Gasteiger partial charge in [0, 0.05) is 17.3 Å². The SMILES string of the molecule is Cc1cc(Cl)ccc1NC(=O)NCc1ccccc1CO. The van der Waals surface area contributed by atoms with Crippen LogP contribution in [0.1, 0.15) is 16.7 Å². The van der Waals surface area contributed by atoms with E-state index in [1.165, 1.54) is 0 Å². The molecule has 2 rings (SSSR count). The molecule has 0 unspecified atom stereocenters. The number of carbonyl (C=O) groups is 1. The lowest BCUT2D eigenvalue weighted by Crippen LogP contribution is -2.28. The molecule has 110 valence electrons. The number of halogens is 1. The van der Waals surface area contributed by atoms with Crippen molar-refractivity contribution in [3.63, 3.8) is 0 Å². The molecule has 0 saturated heterocycles. The number of aliphatic hydroxyl groups is 1. The van der Waals surface area contributed by atoms with Crippen LogP contribution < -0.4 is 10.6 Å². The summed E-state index contributed by atoms with van der Waals surface area (Å²) in [7, 11) is 0. The maximum Gasteiger partial charge on any atom is 0.319 e. The number of urea groups is 1. The molecule has 0 aliphatic rings. The minimum atomic E-state index is -0.298. The van der Waals surface area contributed by atoms with E-state index in [4.69, 9.17) is 11.6 Å². The van der Waals surface area contributed by atoms with Gasteiger partial charge in [-0.2, -0.15) is 0 Å². The van der Waals surface area contributed by atoms with E-state index in [-0.39, 0.29) is 12.6 Å². The number of anilines is 1. The molecule has 0 bridgehead atoms. The summed E-state index contributed by atoms with van der Waals surface area (Å²) in [4.78, 5) is 11.9. The summed E-state index contributed by atoms with van der Waals surface area (Å²) in [5.74, 6) is 0. The zero-order valence-electron chi connectivity index (χ0n) is 11.7. The third kappa shape index (κ3) is 4.21. The van der Waals surface area contributed by atoms with Gasteiger partial charge in [0.1, 0.15) is 0 Å². The van der Waals surface area contributed by atoms with Crippen LogP contribution in [0.15, 0.2) is 42.5 Å². The van der Waals surface area contributed by atoms with Crippen LogP contribution in [0, 0.1) is 6.92 Å². The second kappa shape index (κ2) is 7.11. The van der Waals surface area contributed by atoms with Crippen molar-refractivity contribution in [2.24, 2.45) is 0 Å². The average molecular weight is 305 g/mol. The lowest BCUT2D eigenvalue weighted by molar-refractivity contribution is 0.251. The summed E-state index contributed by atoms with van der Waals surface area (Å²) < 4.78 is 0. The Bertz CT molecular complexity index is 644. The van der Waals surface area contributed by atoms with Gasteiger partial charge in [0.2, 0.25) is 0 Å². The maximum absolute atomic E-state index is 11.9. The number of carbonyl (C=O) groups excluding carboxylic acids is 1. The highest BCUT2D eigenvalue weighted by Crippen LogP contribution is 2.19. The molecule has 0 aromatic heterocycles. The number of hydrogen-bond acceptors (Lipinski definition) is 2. The minimum Gasteiger partial charge on any atom is -0.392 e. The van der Waals surface area contributed by atoms with Crippen molar-refractivity contribution >= 4 is 23.3 Å². The van der Waals surface area contributed by atoms with Crippen LogP contribution >= 0.6 is 11.6 Å². The van der Waals surface area contributed by atoms with E-state index in [2.05, 4.69) is 10.6 Å². The number of benzene rings is 2. The summed E-state index contributed by atoms with van der Waals surface area (Å²) in [5, 5.41) is 15.4. The predicted octanol–water partition coefficient (Wildman–Crippen LogP) is 3.46. The second-order valence-electron chi connectivity index (χ2n) is 4.69. The van der Waals surface area contributed by atoms with Gasteiger partial charge in [-0.3, -0.25) is 0 Å². The first-order valence-electron chi connectivity index (χ1n) is 6.59. The van der Waals surface area contributed by atoms with Crippen molar-refractivity contribution in [3.05, 3.63) is 64.2 Å². The molecule has 21 heavy (non-hydrogen) atoms. The smallest absolute Gasteiger partial charge is 0.319 e. The van der Waals surface area contributed by atoms with Crippen LogP contribution in [-0.2, 0) is 13.2 Å². The van der Waals surface area contributed by atoms with Crippen LogP contribution in [0.25, 0.3) is 0 Å². The van der Waals surface area contributed by atoms with Gasteiger partial charge < -0.3 is 15.7 Å². The molecule has 2 amide bonds. The molecule has 0 fully saturated rings. The highest BCUT2D eigenvalue weighted by atomic mass is 35.5. The molecule has 0 saturated carbocycles. The Balaban J connectivity index is 1.96. The highest BCUT2D eigenvalue weighted by molar-refractivity contribution is 6.30. The Labute approximate surface area is 128 Å². The Morgan fingerprint density at radius 1 is 1.19 bits per heavy atom. The molecule has 0 aliphatic carbocycles. The fourth-order valence-electron chi connectivity index (χ4n) is 1.99. The van der Waals surface area contributed by atoms with E-state index in [0.717, 1.165) is 16.7 Å². The summed E-state index contributed by atoms with van der Waals surface area (Å²) in [6.45, 7) is 2.19. The molecule has 2 aromatic rings. The molecule has 2 aromatic carbocycles. The molecular weight excluding hydrogens is 288 g/mol. The normalized spacial score (nSPS) is 10.2. The average Bonchev–Trinajstić information content (AvgIpc) is 2.48. The van der Waals surface area contributed by atoms with Gasteiger partial charge in [-0.25, -0.2) is 4.79 Å². The zero-order chi connectivity index (χ0) is 15.2. The Morgan fingerprint density at radius 3 is 2.57 bits per heavy atom. The van der Waals surface area contributed by atoms with E-state index in [1.807, 2.05) is 31.2 Å². The number of nitrogens with one attached hydrogen (secondary N) is 2. The lowest BCUT2D eigenvalue weighted by Gasteiger charge is -2.11. The van der Waals surface area contributed by atoms with Gasteiger partial charge in [0.25, 0.3) is 0 Å². The molecular formula is C16H17ClN2O2. The summed E-state index contributed by atoms with van der Waals surface area (Å²) in [6.07, 6.45) is 0. The quantitative estimate of drug-likeness (QED) is 0.810. The standard InChI is InChI=1S/C16H17ClN2O2/c1-11-8-14(17)6-7-15(11)19-16(21)18-9-12-4-2-3-5-13(12)10-20/h2-8,20H,9-10H2,1H3,(H2,18,19,21). The molecule has 3 N–H and O–H groups in total. The predicted molar refractivity (Wildman–Crippen MR) is 84.4 cm³/mol. The third-order valence-electron chi connectivity index (χ3n) is 3.16. The monoisotopic (exact) mass is 304 g/mol. The summed E-state index contributed by atoms with van der Waals surface area (Å²) in [5.41, 5.74) is 3.31. The number of amides is 2. The van der Waals surface area contributed by atoms with Crippen molar-refractivity contribution in [3.8, 4) is 0 Å². The first-order valence-corrected chi connectivity index (χ1v) is 6.96. The molecule has 0 atom stereocenters. The van der Waals surface area contributed by atoms with Crippen LogP contribution in [-0.4, -0.2) is 11.1 Å².